The van der Waals surface area contributed by atoms with E-state index < -0.39 is 11.5 Å². The highest BCUT2D eigenvalue weighted by Gasteiger charge is 2.39. The van der Waals surface area contributed by atoms with Crippen molar-refractivity contribution < 1.29 is 19.1 Å². The second-order valence-corrected chi connectivity index (χ2v) is 6.25. The Hall–Kier alpha value is -1.14. The minimum Gasteiger partial charge on any atom is -0.467 e. The fourth-order valence-corrected chi connectivity index (χ4v) is 3.11. The third-order valence-electron chi connectivity index (χ3n) is 4.37. The number of amides is 1. The van der Waals surface area contributed by atoms with Crippen LogP contribution in [0.25, 0.3) is 0 Å². The predicted octanol–water partition coefficient (Wildman–Crippen LogP) is 0.980. The zero-order valence-electron chi connectivity index (χ0n) is 13.4. The Balaban J connectivity index is 2.71. The van der Waals surface area contributed by atoms with Crippen LogP contribution in [0, 0.1) is 5.41 Å². The average Bonchev–Trinajstić information content (AvgIpc) is 2.47. The third kappa shape index (κ3) is 4.68. The summed E-state index contributed by atoms with van der Waals surface area (Å²) >= 11 is 0. The van der Waals surface area contributed by atoms with Crippen molar-refractivity contribution >= 4 is 11.9 Å². The molecule has 1 fully saturated rings. The molecule has 0 aliphatic heterocycles. The van der Waals surface area contributed by atoms with Gasteiger partial charge in [0.2, 0.25) is 5.91 Å². The molecule has 6 nitrogen and oxygen atoms in total. The van der Waals surface area contributed by atoms with Gasteiger partial charge in [-0.15, -0.1) is 0 Å². The van der Waals surface area contributed by atoms with Crippen LogP contribution in [0.2, 0.25) is 0 Å². The highest BCUT2D eigenvalue weighted by Crippen LogP contribution is 2.38. The summed E-state index contributed by atoms with van der Waals surface area (Å²) in [5.41, 5.74) is 4.60. The van der Waals surface area contributed by atoms with Gasteiger partial charge in [-0.1, -0.05) is 19.3 Å². The summed E-state index contributed by atoms with van der Waals surface area (Å²) in [6, 6.07) is 0. The zero-order chi connectivity index (χ0) is 15.9. The second kappa shape index (κ2) is 7.75. The number of carbonyl (C=O) groups excluding carboxylic acids is 2. The summed E-state index contributed by atoms with van der Waals surface area (Å²) in [5.74, 6) is -0.685. The van der Waals surface area contributed by atoms with Crippen LogP contribution < -0.4 is 11.1 Å². The van der Waals surface area contributed by atoms with Gasteiger partial charge < -0.3 is 20.5 Å². The Morgan fingerprint density at radius 3 is 2.33 bits per heavy atom. The lowest BCUT2D eigenvalue weighted by molar-refractivity contribution is -0.153. The van der Waals surface area contributed by atoms with Crippen molar-refractivity contribution in [2.24, 2.45) is 11.1 Å². The molecule has 0 saturated heterocycles. The molecule has 0 spiro atoms. The van der Waals surface area contributed by atoms with Gasteiger partial charge in [-0.05, 0) is 31.7 Å². The van der Waals surface area contributed by atoms with Gasteiger partial charge in [-0.2, -0.15) is 0 Å². The van der Waals surface area contributed by atoms with E-state index in [-0.39, 0.29) is 17.9 Å². The Morgan fingerprint density at radius 2 is 1.86 bits per heavy atom. The Labute approximate surface area is 126 Å². The molecule has 1 rings (SSSR count). The van der Waals surface area contributed by atoms with Crippen LogP contribution in [0.15, 0.2) is 0 Å². The maximum atomic E-state index is 12.4. The maximum absolute atomic E-state index is 12.4. The highest BCUT2D eigenvalue weighted by atomic mass is 16.5. The largest absolute Gasteiger partial charge is 0.467 e. The summed E-state index contributed by atoms with van der Waals surface area (Å²) in [4.78, 5) is 24.2. The van der Waals surface area contributed by atoms with Gasteiger partial charge >= 0.3 is 5.97 Å². The molecule has 1 atom stereocenters. The molecule has 1 unspecified atom stereocenters. The van der Waals surface area contributed by atoms with Crippen LogP contribution in [-0.2, 0) is 19.1 Å². The van der Waals surface area contributed by atoms with E-state index in [1.54, 1.807) is 6.92 Å². The fraction of sp³-hybridized carbons (Fsp3) is 0.867. The number of carbonyl (C=O) groups is 2. The average molecular weight is 300 g/mol. The number of hydrogen-bond donors (Lipinski definition) is 2. The van der Waals surface area contributed by atoms with Gasteiger partial charge in [0.25, 0.3) is 0 Å². The molecule has 1 saturated carbocycles. The van der Waals surface area contributed by atoms with E-state index in [2.05, 4.69) is 5.32 Å². The quantitative estimate of drug-likeness (QED) is 0.684. The van der Waals surface area contributed by atoms with Crippen molar-refractivity contribution in [1.82, 2.24) is 5.32 Å². The van der Waals surface area contributed by atoms with Gasteiger partial charge in [0.15, 0.2) is 5.54 Å². The molecule has 0 aromatic carbocycles. The van der Waals surface area contributed by atoms with E-state index >= 15 is 0 Å². The first-order valence-electron chi connectivity index (χ1n) is 7.50. The summed E-state index contributed by atoms with van der Waals surface area (Å²) in [7, 11) is 2.78. The molecule has 0 bridgehead atoms. The Kier molecular flexibility index (Phi) is 6.61. The van der Waals surface area contributed by atoms with E-state index in [0.717, 1.165) is 25.7 Å². The van der Waals surface area contributed by atoms with E-state index in [0.29, 0.717) is 13.0 Å². The van der Waals surface area contributed by atoms with Gasteiger partial charge in [0.1, 0.15) is 0 Å². The molecule has 21 heavy (non-hydrogen) atoms. The van der Waals surface area contributed by atoms with Crippen molar-refractivity contribution in [2.45, 2.75) is 51.0 Å². The number of ether oxygens (including phenoxy) is 2. The Morgan fingerprint density at radius 1 is 1.24 bits per heavy atom. The van der Waals surface area contributed by atoms with Crippen molar-refractivity contribution in [3.8, 4) is 0 Å². The summed E-state index contributed by atoms with van der Waals surface area (Å²) in [6.45, 7) is 2.18. The topological polar surface area (TPSA) is 90.6 Å². The molecule has 1 aliphatic rings. The van der Waals surface area contributed by atoms with Gasteiger partial charge in [0, 0.05) is 13.5 Å². The molecule has 0 aromatic heterocycles. The predicted molar refractivity (Wildman–Crippen MR) is 79.6 cm³/mol. The van der Waals surface area contributed by atoms with Crippen LogP contribution in [0.1, 0.15) is 45.4 Å². The van der Waals surface area contributed by atoms with E-state index in [4.69, 9.17) is 15.2 Å². The molecular weight excluding hydrogens is 272 g/mol. The normalized spacial score (nSPS) is 20.4. The van der Waals surface area contributed by atoms with Crippen LogP contribution in [-0.4, -0.2) is 44.8 Å². The minimum atomic E-state index is -1.16. The number of esters is 1. The fourth-order valence-electron chi connectivity index (χ4n) is 3.11. The first-order chi connectivity index (χ1) is 9.91. The Bertz CT molecular complexity index is 367. The minimum absolute atomic E-state index is 0.0705. The monoisotopic (exact) mass is 300 g/mol. The van der Waals surface area contributed by atoms with Crippen LogP contribution >= 0.6 is 0 Å². The third-order valence-corrected chi connectivity index (χ3v) is 4.37. The van der Waals surface area contributed by atoms with Gasteiger partial charge in [-0.25, -0.2) is 4.79 Å². The second-order valence-electron chi connectivity index (χ2n) is 6.25. The molecule has 0 heterocycles. The molecule has 1 aliphatic carbocycles. The molecule has 0 radical (unpaired) electrons. The van der Waals surface area contributed by atoms with Crippen molar-refractivity contribution in [3.63, 3.8) is 0 Å². The molecule has 0 aromatic rings. The number of nitrogens with one attached hydrogen (secondary N) is 1. The summed E-state index contributed by atoms with van der Waals surface area (Å²) < 4.78 is 9.78. The standard InChI is InChI=1S/C15H28N2O4/c1-14(11-20-2,13(19)21-3)17-12(18)9-15(10-16)7-5-4-6-8-15/h4-11,16H2,1-3H3,(H,17,18). The van der Waals surface area contributed by atoms with E-state index in [1.807, 2.05) is 0 Å². The van der Waals surface area contributed by atoms with E-state index in [9.17, 15) is 9.59 Å². The van der Waals surface area contributed by atoms with Crippen LogP contribution in [0.5, 0.6) is 0 Å². The van der Waals surface area contributed by atoms with Gasteiger partial charge in [0.05, 0.1) is 13.7 Å². The molecule has 6 heteroatoms. The number of rotatable bonds is 7. The van der Waals surface area contributed by atoms with Crippen molar-refractivity contribution in [2.75, 3.05) is 27.4 Å². The number of methoxy groups -OCH3 is 2. The highest BCUT2D eigenvalue weighted by molar-refractivity contribution is 5.88. The molecule has 3 N–H and O–H groups in total. The zero-order valence-corrected chi connectivity index (χ0v) is 13.4. The lowest BCUT2D eigenvalue weighted by Gasteiger charge is -2.37. The van der Waals surface area contributed by atoms with Gasteiger partial charge in [-0.3, -0.25) is 4.79 Å². The lowest BCUT2D eigenvalue weighted by atomic mass is 9.71. The molecule has 1 amide bonds. The lowest BCUT2D eigenvalue weighted by Crippen LogP contribution is -2.56. The van der Waals surface area contributed by atoms with E-state index in [1.165, 1.54) is 20.6 Å². The smallest absolute Gasteiger partial charge is 0.333 e. The van der Waals surface area contributed by atoms with Crippen LogP contribution in [0.4, 0.5) is 0 Å². The summed E-state index contributed by atoms with van der Waals surface area (Å²) in [5, 5.41) is 2.76. The van der Waals surface area contributed by atoms with Crippen molar-refractivity contribution in [3.05, 3.63) is 0 Å². The first kappa shape index (κ1) is 17.9. The molecule has 122 valence electrons. The summed E-state index contributed by atoms with van der Waals surface area (Å²) in [6.07, 6.45) is 5.70. The van der Waals surface area contributed by atoms with Crippen molar-refractivity contribution in [1.29, 1.82) is 0 Å². The number of hydrogen-bond acceptors (Lipinski definition) is 5. The number of nitrogens with two attached hydrogens (primary N) is 1. The molecular formula is C15H28N2O4. The first-order valence-corrected chi connectivity index (χ1v) is 7.50. The van der Waals surface area contributed by atoms with Crippen LogP contribution in [0.3, 0.4) is 0 Å². The maximum Gasteiger partial charge on any atom is 0.333 e. The SMILES string of the molecule is COCC(C)(NC(=O)CC1(CN)CCCCC1)C(=O)OC.